The summed E-state index contributed by atoms with van der Waals surface area (Å²) in [7, 11) is -5.06. The minimum atomic E-state index is -3.25. The second-order valence-corrected chi connectivity index (χ2v) is 15.2. The molecular weight excluding hydrogens is 292 g/mol. The number of hydrogen-bond donors (Lipinski definition) is 1. The fourth-order valence-electron chi connectivity index (χ4n) is 1.95. The molecule has 1 atom stereocenters. The van der Waals surface area contributed by atoms with Crippen LogP contribution in [0.2, 0.25) is 18.1 Å². The van der Waals surface area contributed by atoms with Crippen LogP contribution in [0.4, 0.5) is 0 Å². The third-order valence-corrected chi connectivity index (χ3v) is 12.6. The van der Waals surface area contributed by atoms with Crippen LogP contribution in [0.25, 0.3) is 0 Å². The van der Waals surface area contributed by atoms with Crippen molar-refractivity contribution in [2.24, 2.45) is 0 Å². The van der Waals surface area contributed by atoms with Crippen LogP contribution in [-0.4, -0.2) is 45.1 Å². The summed E-state index contributed by atoms with van der Waals surface area (Å²) in [6.45, 7) is 12.8. The van der Waals surface area contributed by atoms with Crippen molar-refractivity contribution in [1.82, 2.24) is 0 Å². The number of aliphatic hydroxyl groups excluding tert-OH is 1. The summed E-state index contributed by atoms with van der Waals surface area (Å²) in [6.07, 6.45) is 1.70. The van der Waals surface area contributed by atoms with Crippen LogP contribution in [0.15, 0.2) is 0 Å². The molecule has 0 heterocycles. The van der Waals surface area contributed by atoms with Gasteiger partial charge in [-0.2, -0.15) is 0 Å². The van der Waals surface area contributed by atoms with E-state index in [1.54, 1.807) is 6.92 Å². The lowest BCUT2D eigenvalue weighted by molar-refractivity contribution is 0.274. The van der Waals surface area contributed by atoms with Gasteiger partial charge in [-0.05, 0) is 44.3 Å². The van der Waals surface area contributed by atoms with E-state index >= 15 is 0 Å². The topological polar surface area (TPSA) is 63.6 Å². The lowest BCUT2D eigenvalue weighted by Gasteiger charge is -2.36. The maximum atomic E-state index is 12.4. The summed E-state index contributed by atoms with van der Waals surface area (Å²) in [6, 6.07) is 0. The van der Waals surface area contributed by atoms with Crippen molar-refractivity contribution in [3.05, 3.63) is 0 Å². The standard InChI is InChI=1S/C14H30O4SSi/c1-12(19(16,17)14(11-15)8-9-14)7-10-18-20(5,6)13(2,3)4/h12,15H,7-11H2,1-6H3. The Hall–Kier alpha value is 0.0869. The van der Waals surface area contributed by atoms with Crippen LogP contribution in [0.3, 0.4) is 0 Å². The molecule has 0 bridgehead atoms. The Bertz CT molecular complexity index is 433. The van der Waals surface area contributed by atoms with E-state index in [-0.39, 0.29) is 11.6 Å². The lowest BCUT2D eigenvalue weighted by atomic mass is 10.2. The van der Waals surface area contributed by atoms with E-state index in [2.05, 4.69) is 33.9 Å². The average Bonchev–Trinajstić information content (AvgIpc) is 3.07. The van der Waals surface area contributed by atoms with Crippen molar-refractivity contribution < 1.29 is 18.0 Å². The molecule has 1 rings (SSSR count). The molecule has 1 N–H and O–H groups in total. The molecular formula is C14H30O4SSi. The summed E-state index contributed by atoms with van der Waals surface area (Å²) >= 11 is 0. The molecule has 1 aliphatic carbocycles. The molecule has 0 aliphatic heterocycles. The van der Waals surface area contributed by atoms with Crippen molar-refractivity contribution in [2.45, 2.75) is 75.1 Å². The monoisotopic (exact) mass is 322 g/mol. The fourth-order valence-corrected chi connectivity index (χ4v) is 5.12. The van der Waals surface area contributed by atoms with Gasteiger partial charge in [-0.1, -0.05) is 20.8 Å². The third-order valence-electron chi connectivity index (χ3n) is 5.02. The molecule has 1 unspecified atom stereocenters. The van der Waals surface area contributed by atoms with Gasteiger partial charge in [0.25, 0.3) is 0 Å². The van der Waals surface area contributed by atoms with Crippen molar-refractivity contribution in [1.29, 1.82) is 0 Å². The summed E-state index contributed by atoms with van der Waals surface area (Å²) in [5.74, 6) is 0. The predicted molar refractivity (Wildman–Crippen MR) is 85.2 cm³/mol. The number of rotatable bonds is 7. The molecule has 6 heteroatoms. The van der Waals surface area contributed by atoms with Gasteiger partial charge in [-0.25, -0.2) is 8.42 Å². The maximum Gasteiger partial charge on any atom is 0.191 e. The molecule has 1 aliphatic rings. The molecule has 0 aromatic rings. The van der Waals surface area contributed by atoms with Crippen LogP contribution >= 0.6 is 0 Å². The summed E-state index contributed by atoms with van der Waals surface area (Å²) in [4.78, 5) is 0. The molecule has 0 radical (unpaired) electrons. The quantitative estimate of drug-likeness (QED) is 0.732. The van der Waals surface area contributed by atoms with Gasteiger partial charge in [0.2, 0.25) is 0 Å². The molecule has 0 amide bonds. The Balaban J connectivity index is 2.55. The molecule has 4 nitrogen and oxygen atoms in total. The van der Waals surface area contributed by atoms with Crippen molar-refractivity contribution >= 4 is 18.2 Å². The Morgan fingerprint density at radius 3 is 2.15 bits per heavy atom. The first-order valence-electron chi connectivity index (χ1n) is 7.38. The van der Waals surface area contributed by atoms with Gasteiger partial charge in [0, 0.05) is 6.61 Å². The summed E-state index contributed by atoms with van der Waals surface area (Å²) < 4.78 is 30.0. The van der Waals surface area contributed by atoms with Gasteiger partial charge in [0.05, 0.1) is 16.6 Å². The Kier molecular flexibility index (Phi) is 5.17. The van der Waals surface area contributed by atoms with Gasteiger partial charge in [0.1, 0.15) is 0 Å². The highest BCUT2D eigenvalue weighted by Crippen LogP contribution is 2.45. The van der Waals surface area contributed by atoms with Crippen LogP contribution < -0.4 is 0 Å². The smallest absolute Gasteiger partial charge is 0.191 e. The highest BCUT2D eigenvalue weighted by molar-refractivity contribution is 7.93. The van der Waals surface area contributed by atoms with E-state index in [0.717, 1.165) is 0 Å². The van der Waals surface area contributed by atoms with Crippen molar-refractivity contribution in [2.75, 3.05) is 13.2 Å². The fraction of sp³-hybridized carbons (Fsp3) is 1.00. The first-order valence-corrected chi connectivity index (χ1v) is 11.8. The molecule has 1 fully saturated rings. The normalized spacial score (nSPS) is 20.8. The largest absolute Gasteiger partial charge is 0.417 e. The molecule has 1 saturated carbocycles. The molecule has 20 heavy (non-hydrogen) atoms. The second kappa shape index (κ2) is 5.70. The van der Waals surface area contributed by atoms with Crippen molar-refractivity contribution in [3.63, 3.8) is 0 Å². The molecule has 0 aromatic carbocycles. The van der Waals surface area contributed by atoms with Gasteiger partial charge in [-0.3, -0.25) is 0 Å². The summed E-state index contributed by atoms with van der Waals surface area (Å²) in [5.41, 5.74) is 0. The Morgan fingerprint density at radius 2 is 1.80 bits per heavy atom. The third kappa shape index (κ3) is 3.46. The zero-order valence-electron chi connectivity index (χ0n) is 13.7. The highest BCUT2D eigenvalue weighted by Gasteiger charge is 2.55. The van der Waals surface area contributed by atoms with Gasteiger partial charge in [0.15, 0.2) is 18.2 Å². The van der Waals surface area contributed by atoms with E-state index in [1.807, 2.05) is 0 Å². The van der Waals surface area contributed by atoms with E-state index < -0.39 is 28.2 Å². The van der Waals surface area contributed by atoms with Crippen LogP contribution in [0.1, 0.15) is 47.0 Å². The van der Waals surface area contributed by atoms with E-state index in [9.17, 15) is 13.5 Å². The van der Waals surface area contributed by atoms with Crippen molar-refractivity contribution in [3.8, 4) is 0 Å². The predicted octanol–water partition coefficient (Wildman–Crippen LogP) is 2.73. The number of aliphatic hydroxyl groups is 1. The Morgan fingerprint density at radius 1 is 1.30 bits per heavy atom. The second-order valence-electron chi connectivity index (χ2n) is 7.59. The highest BCUT2D eigenvalue weighted by atomic mass is 32.2. The van der Waals surface area contributed by atoms with E-state index in [1.165, 1.54) is 0 Å². The SMILES string of the molecule is CC(CCO[Si](C)(C)C(C)(C)C)S(=O)(=O)C1(CO)CC1. The van der Waals surface area contributed by atoms with Gasteiger partial charge in [-0.15, -0.1) is 0 Å². The maximum absolute atomic E-state index is 12.4. The first kappa shape index (κ1) is 18.1. The van der Waals surface area contributed by atoms with Gasteiger partial charge >= 0.3 is 0 Å². The first-order chi connectivity index (χ1) is 8.90. The zero-order chi connectivity index (χ0) is 15.8. The zero-order valence-corrected chi connectivity index (χ0v) is 15.5. The molecule has 0 saturated heterocycles. The summed E-state index contributed by atoms with van der Waals surface area (Å²) in [5, 5.41) is 8.99. The Labute approximate surface area is 125 Å². The molecule has 120 valence electrons. The molecule has 0 spiro atoms. The van der Waals surface area contributed by atoms with E-state index in [4.69, 9.17) is 4.43 Å². The van der Waals surface area contributed by atoms with Crippen LogP contribution in [-0.2, 0) is 14.3 Å². The van der Waals surface area contributed by atoms with Crippen LogP contribution in [0.5, 0.6) is 0 Å². The lowest BCUT2D eigenvalue weighted by Crippen LogP contribution is -2.42. The van der Waals surface area contributed by atoms with Crippen LogP contribution in [0, 0.1) is 0 Å². The minimum Gasteiger partial charge on any atom is -0.417 e. The number of hydrogen-bond acceptors (Lipinski definition) is 4. The minimum absolute atomic E-state index is 0.137. The number of sulfone groups is 1. The van der Waals surface area contributed by atoms with E-state index in [0.29, 0.717) is 25.9 Å². The average molecular weight is 323 g/mol. The molecule has 0 aromatic heterocycles. The van der Waals surface area contributed by atoms with Gasteiger partial charge < -0.3 is 9.53 Å².